The van der Waals surface area contributed by atoms with Crippen molar-refractivity contribution in [3.05, 3.63) is 64.7 Å². The van der Waals surface area contributed by atoms with Gasteiger partial charge in [-0.05, 0) is 41.8 Å². The number of hydrogen-bond acceptors (Lipinski definition) is 4. The average molecular weight is 280 g/mol. The number of para-hydroxylation sites is 1. The van der Waals surface area contributed by atoms with E-state index in [1.165, 1.54) is 0 Å². The highest BCUT2D eigenvalue weighted by molar-refractivity contribution is 5.74. The van der Waals surface area contributed by atoms with Crippen LogP contribution in [0.15, 0.2) is 42.5 Å². The number of nitrogens with zero attached hydrogens (tertiary/aromatic N) is 1. The molecule has 0 heterocycles. The monoisotopic (exact) mass is 280 g/mol. The summed E-state index contributed by atoms with van der Waals surface area (Å²) < 4.78 is 5.26. The topological polar surface area (TPSA) is 76.1 Å². The number of ether oxygens (including phenoxy) is 1. The van der Waals surface area contributed by atoms with E-state index in [9.17, 15) is 4.79 Å². The normalized spacial score (nSPS) is 9.90. The fourth-order valence-electron chi connectivity index (χ4n) is 1.99. The first-order valence-corrected chi connectivity index (χ1v) is 6.59. The van der Waals surface area contributed by atoms with Crippen LogP contribution in [0.1, 0.15) is 22.3 Å². The van der Waals surface area contributed by atoms with Crippen LogP contribution in [0.3, 0.4) is 0 Å². The van der Waals surface area contributed by atoms with Crippen LogP contribution in [-0.2, 0) is 22.6 Å². The predicted octanol–water partition coefficient (Wildman–Crippen LogP) is 2.73. The number of aryl methyl sites for hydroxylation is 1. The molecule has 2 aromatic rings. The Labute approximate surface area is 123 Å². The van der Waals surface area contributed by atoms with Gasteiger partial charge >= 0.3 is 5.97 Å². The van der Waals surface area contributed by atoms with Gasteiger partial charge in [-0.25, -0.2) is 0 Å². The summed E-state index contributed by atoms with van der Waals surface area (Å²) in [5, 5.41) is 8.81. The number of carbonyl (C=O) groups is 1. The van der Waals surface area contributed by atoms with Crippen LogP contribution < -0.4 is 5.73 Å². The summed E-state index contributed by atoms with van der Waals surface area (Å²) in [6, 6.07) is 14.6. The van der Waals surface area contributed by atoms with Gasteiger partial charge < -0.3 is 10.5 Å². The lowest BCUT2D eigenvalue weighted by Crippen LogP contribution is -2.10. The van der Waals surface area contributed by atoms with E-state index < -0.39 is 0 Å². The van der Waals surface area contributed by atoms with E-state index in [0.717, 1.165) is 16.7 Å². The molecular formula is C17H16N2O2. The third-order valence-electron chi connectivity index (χ3n) is 3.25. The maximum Gasteiger partial charge on any atom is 0.310 e. The number of carbonyl (C=O) groups excluding carboxylic acids is 1. The minimum Gasteiger partial charge on any atom is -0.461 e. The molecule has 2 rings (SSSR count). The van der Waals surface area contributed by atoms with E-state index in [1.54, 1.807) is 24.3 Å². The molecular weight excluding hydrogens is 264 g/mol. The van der Waals surface area contributed by atoms with Gasteiger partial charge in [0.15, 0.2) is 0 Å². The Morgan fingerprint density at radius 3 is 2.67 bits per heavy atom. The first kappa shape index (κ1) is 14.6. The van der Waals surface area contributed by atoms with E-state index in [4.69, 9.17) is 15.7 Å². The average Bonchev–Trinajstić information content (AvgIpc) is 2.48. The molecule has 4 heteroatoms. The maximum absolute atomic E-state index is 11.8. The minimum atomic E-state index is -0.323. The van der Waals surface area contributed by atoms with E-state index in [2.05, 4.69) is 6.07 Å². The van der Waals surface area contributed by atoms with Gasteiger partial charge in [0.05, 0.1) is 18.1 Å². The van der Waals surface area contributed by atoms with Gasteiger partial charge in [0.25, 0.3) is 0 Å². The zero-order valence-electron chi connectivity index (χ0n) is 11.8. The molecule has 0 fully saturated rings. The van der Waals surface area contributed by atoms with Crippen molar-refractivity contribution >= 4 is 11.7 Å². The molecule has 0 aliphatic carbocycles. The summed E-state index contributed by atoms with van der Waals surface area (Å²) in [5.41, 5.74) is 9.56. The molecule has 0 aliphatic rings. The molecule has 106 valence electrons. The highest BCUT2D eigenvalue weighted by Gasteiger charge is 2.08. The zero-order valence-corrected chi connectivity index (χ0v) is 11.8. The van der Waals surface area contributed by atoms with Crippen molar-refractivity contribution in [2.24, 2.45) is 0 Å². The lowest BCUT2D eigenvalue weighted by atomic mass is 10.1. The van der Waals surface area contributed by atoms with Crippen molar-refractivity contribution in [2.75, 3.05) is 5.73 Å². The van der Waals surface area contributed by atoms with Gasteiger partial charge in [-0.2, -0.15) is 5.26 Å². The fraction of sp³-hybridized carbons (Fsp3) is 0.176. The summed E-state index contributed by atoms with van der Waals surface area (Å²) in [6.07, 6.45) is 0.155. The van der Waals surface area contributed by atoms with Gasteiger partial charge in [-0.1, -0.05) is 24.3 Å². The molecule has 0 bridgehead atoms. The van der Waals surface area contributed by atoms with E-state index in [0.29, 0.717) is 11.3 Å². The molecule has 2 N–H and O–H groups in total. The molecule has 0 saturated carbocycles. The number of anilines is 1. The van der Waals surface area contributed by atoms with Crippen molar-refractivity contribution in [3.63, 3.8) is 0 Å². The summed E-state index contributed by atoms with van der Waals surface area (Å²) in [4.78, 5) is 11.8. The largest absolute Gasteiger partial charge is 0.461 e. The van der Waals surface area contributed by atoms with Gasteiger partial charge in [0, 0.05) is 5.69 Å². The van der Waals surface area contributed by atoms with Gasteiger partial charge in [0.2, 0.25) is 0 Å². The second-order valence-corrected chi connectivity index (χ2v) is 4.79. The van der Waals surface area contributed by atoms with Crippen molar-refractivity contribution in [2.45, 2.75) is 20.0 Å². The Bertz CT molecular complexity index is 702. The van der Waals surface area contributed by atoms with Gasteiger partial charge in [-0.3, -0.25) is 4.79 Å². The third kappa shape index (κ3) is 3.83. The van der Waals surface area contributed by atoms with Crippen molar-refractivity contribution in [1.29, 1.82) is 5.26 Å². The Balaban J connectivity index is 1.96. The molecule has 0 saturated heterocycles. The second-order valence-electron chi connectivity index (χ2n) is 4.79. The SMILES string of the molecule is Cc1cc(C#N)ccc1COC(=O)Cc1ccccc1N. The number of benzene rings is 2. The summed E-state index contributed by atoms with van der Waals surface area (Å²) >= 11 is 0. The van der Waals surface area contributed by atoms with E-state index in [1.807, 2.05) is 25.1 Å². The lowest BCUT2D eigenvalue weighted by molar-refractivity contribution is -0.144. The van der Waals surface area contributed by atoms with Crippen molar-refractivity contribution in [1.82, 2.24) is 0 Å². The Morgan fingerprint density at radius 2 is 2.00 bits per heavy atom. The highest BCUT2D eigenvalue weighted by Crippen LogP contribution is 2.14. The molecule has 0 radical (unpaired) electrons. The lowest BCUT2D eigenvalue weighted by Gasteiger charge is -2.09. The second kappa shape index (κ2) is 6.58. The molecule has 0 unspecified atom stereocenters. The summed E-state index contributed by atoms with van der Waals surface area (Å²) in [5.74, 6) is -0.323. The van der Waals surface area contributed by atoms with Crippen LogP contribution in [0.25, 0.3) is 0 Å². The van der Waals surface area contributed by atoms with Crippen LogP contribution in [0.5, 0.6) is 0 Å². The van der Waals surface area contributed by atoms with E-state index >= 15 is 0 Å². The zero-order chi connectivity index (χ0) is 15.2. The number of nitrogen functional groups attached to an aromatic ring is 1. The standard InChI is InChI=1S/C17H16N2O2/c1-12-8-13(10-18)6-7-15(12)11-21-17(20)9-14-4-2-3-5-16(14)19/h2-8H,9,11,19H2,1H3. The first-order chi connectivity index (χ1) is 10.1. The Morgan fingerprint density at radius 1 is 1.24 bits per heavy atom. The number of esters is 1. The van der Waals surface area contributed by atoms with Crippen LogP contribution in [-0.4, -0.2) is 5.97 Å². The van der Waals surface area contributed by atoms with Crippen LogP contribution in [0, 0.1) is 18.3 Å². The minimum absolute atomic E-state index is 0.155. The Kier molecular flexibility index (Phi) is 4.57. The molecule has 21 heavy (non-hydrogen) atoms. The van der Waals surface area contributed by atoms with Gasteiger partial charge in [0.1, 0.15) is 6.61 Å². The summed E-state index contributed by atoms with van der Waals surface area (Å²) in [6.45, 7) is 2.09. The summed E-state index contributed by atoms with van der Waals surface area (Å²) in [7, 11) is 0. The smallest absolute Gasteiger partial charge is 0.310 e. The molecule has 0 aliphatic heterocycles. The number of hydrogen-bond donors (Lipinski definition) is 1. The van der Waals surface area contributed by atoms with Crippen LogP contribution in [0.4, 0.5) is 5.69 Å². The molecule has 0 aromatic heterocycles. The van der Waals surface area contributed by atoms with Crippen LogP contribution >= 0.6 is 0 Å². The molecule has 4 nitrogen and oxygen atoms in total. The quantitative estimate of drug-likeness (QED) is 0.690. The Hall–Kier alpha value is -2.80. The number of nitriles is 1. The first-order valence-electron chi connectivity index (χ1n) is 6.59. The number of nitrogens with two attached hydrogens (primary N) is 1. The number of rotatable bonds is 4. The van der Waals surface area contributed by atoms with Crippen LogP contribution in [0.2, 0.25) is 0 Å². The molecule has 0 spiro atoms. The predicted molar refractivity (Wildman–Crippen MR) is 80.2 cm³/mol. The molecule has 0 atom stereocenters. The maximum atomic E-state index is 11.8. The highest BCUT2D eigenvalue weighted by atomic mass is 16.5. The van der Waals surface area contributed by atoms with E-state index in [-0.39, 0.29) is 19.0 Å². The van der Waals surface area contributed by atoms with Crippen molar-refractivity contribution in [3.8, 4) is 6.07 Å². The third-order valence-corrected chi connectivity index (χ3v) is 3.25. The molecule has 0 amide bonds. The van der Waals surface area contributed by atoms with Gasteiger partial charge in [-0.15, -0.1) is 0 Å². The fourth-order valence-corrected chi connectivity index (χ4v) is 1.99. The molecule has 2 aromatic carbocycles. The van der Waals surface area contributed by atoms with Crippen molar-refractivity contribution < 1.29 is 9.53 Å².